The summed E-state index contributed by atoms with van der Waals surface area (Å²) in [6, 6.07) is 14.7. The van der Waals surface area contributed by atoms with E-state index in [0.29, 0.717) is 31.1 Å². The predicted molar refractivity (Wildman–Crippen MR) is 117 cm³/mol. The lowest BCUT2D eigenvalue weighted by Gasteiger charge is -2.28. The first-order valence-electron chi connectivity index (χ1n) is 9.63. The number of ether oxygens (including phenoxy) is 2. The van der Waals surface area contributed by atoms with Crippen LogP contribution in [0.5, 0.6) is 11.6 Å². The number of pyridine rings is 2. The molecule has 1 N–H and O–H groups in total. The van der Waals surface area contributed by atoms with Gasteiger partial charge in [0.2, 0.25) is 5.88 Å². The SMILES string of the molecule is O=C(NCc1ccnc(N2CCOCC2)c1)c1cccnc1Oc1ccc(Br)cc1. The Labute approximate surface area is 183 Å². The topological polar surface area (TPSA) is 76.6 Å². The maximum atomic E-state index is 12.8. The number of aromatic nitrogens is 2. The van der Waals surface area contributed by atoms with Crippen molar-refractivity contribution in [2.45, 2.75) is 6.54 Å². The van der Waals surface area contributed by atoms with Crippen molar-refractivity contribution in [3.63, 3.8) is 0 Å². The minimum atomic E-state index is -0.250. The van der Waals surface area contributed by atoms with Gasteiger partial charge in [0, 0.05) is 36.5 Å². The minimum absolute atomic E-state index is 0.250. The Balaban J connectivity index is 1.43. The number of nitrogens with zero attached hydrogens (tertiary/aromatic N) is 3. The molecule has 3 aromatic rings. The number of benzene rings is 1. The Kier molecular flexibility index (Phi) is 6.56. The summed E-state index contributed by atoms with van der Waals surface area (Å²) in [5, 5.41) is 2.94. The molecule has 0 spiro atoms. The average molecular weight is 469 g/mol. The van der Waals surface area contributed by atoms with Gasteiger partial charge in [0.25, 0.3) is 5.91 Å². The summed E-state index contributed by atoms with van der Waals surface area (Å²) in [6.07, 6.45) is 3.36. The predicted octanol–water partition coefficient (Wildman–Crippen LogP) is 3.80. The molecule has 0 unspecified atom stereocenters. The third-order valence-electron chi connectivity index (χ3n) is 4.64. The number of morpholine rings is 1. The summed E-state index contributed by atoms with van der Waals surface area (Å²) in [4.78, 5) is 23.6. The second-order valence-corrected chi connectivity index (χ2v) is 7.63. The molecule has 0 aliphatic carbocycles. The van der Waals surface area contributed by atoms with Crippen molar-refractivity contribution in [2.24, 2.45) is 0 Å². The average Bonchev–Trinajstić information content (AvgIpc) is 2.80. The molecule has 1 saturated heterocycles. The molecular formula is C22H21BrN4O3. The summed E-state index contributed by atoms with van der Waals surface area (Å²) in [5.74, 6) is 1.52. The first-order valence-corrected chi connectivity index (χ1v) is 10.4. The molecule has 154 valence electrons. The van der Waals surface area contributed by atoms with Crippen LogP contribution < -0.4 is 15.0 Å². The molecule has 7 nitrogen and oxygen atoms in total. The molecule has 0 bridgehead atoms. The van der Waals surface area contributed by atoms with Crippen molar-refractivity contribution in [2.75, 3.05) is 31.2 Å². The molecule has 0 radical (unpaired) electrons. The van der Waals surface area contributed by atoms with Gasteiger partial charge in [0.15, 0.2) is 0 Å². The van der Waals surface area contributed by atoms with Crippen molar-refractivity contribution in [3.8, 4) is 11.6 Å². The molecule has 0 atom stereocenters. The number of carbonyl (C=O) groups excluding carboxylic acids is 1. The number of halogens is 1. The molecule has 3 heterocycles. The normalized spacial score (nSPS) is 13.7. The minimum Gasteiger partial charge on any atom is -0.438 e. The molecule has 1 aromatic carbocycles. The monoisotopic (exact) mass is 468 g/mol. The Hall–Kier alpha value is -2.97. The number of hydrogen-bond acceptors (Lipinski definition) is 6. The number of hydrogen-bond donors (Lipinski definition) is 1. The molecule has 4 rings (SSSR count). The second kappa shape index (κ2) is 9.69. The van der Waals surface area contributed by atoms with E-state index in [-0.39, 0.29) is 11.8 Å². The Morgan fingerprint density at radius 3 is 2.70 bits per heavy atom. The lowest BCUT2D eigenvalue weighted by Crippen LogP contribution is -2.36. The molecular weight excluding hydrogens is 448 g/mol. The maximum Gasteiger partial charge on any atom is 0.257 e. The summed E-state index contributed by atoms with van der Waals surface area (Å²) >= 11 is 3.39. The number of rotatable bonds is 6. The number of nitrogens with one attached hydrogen (secondary N) is 1. The fourth-order valence-corrected chi connectivity index (χ4v) is 3.34. The highest BCUT2D eigenvalue weighted by Gasteiger charge is 2.15. The van der Waals surface area contributed by atoms with Crippen LogP contribution in [0.2, 0.25) is 0 Å². The van der Waals surface area contributed by atoms with Crippen LogP contribution in [0, 0.1) is 0 Å². The molecule has 8 heteroatoms. The van der Waals surface area contributed by atoms with Gasteiger partial charge in [-0.1, -0.05) is 15.9 Å². The number of carbonyl (C=O) groups is 1. The molecule has 1 amide bonds. The molecule has 1 fully saturated rings. The molecule has 0 saturated carbocycles. The highest BCUT2D eigenvalue weighted by atomic mass is 79.9. The van der Waals surface area contributed by atoms with E-state index in [1.165, 1.54) is 0 Å². The summed E-state index contributed by atoms with van der Waals surface area (Å²) in [7, 11) is 0. The van der Waals surface area contributed by atoms with E-state index in [1.54, 1.807) is 24.5 Å². The molecule has 2 aromatic heterocycles. The molecule has 1 aliphatic heterocycles. The van der Waals surface area contributed by atoms with Crippen LogP contribution in [0.15, 0.2) is 65.4 Å². The van der Waals surface area contributed by atoms with Crippen molar-refractivity contribution in [1.82, 2.24) is 15.3 Å². The summed E-state index contributed by atoms with van der Waals surface area (Å²) in [6.45, 7) is 3.41. The van der Waals surface area contributed by atoms with Gasteiger partial charge in [-0.3, -0.25) is 4.79 Å². The van der Waals surface area contributed by atoms with Gasteiger partial charge in [-0.2, -0.15) is 0 Å². The van der Waals surface area contributed by atoms with Gasteiger partial charge in [-0.25, -0.2) is 9.97 Å². The van der Waals surface area contributed by atoms with Crippen molar-refractivity contribution in [1.29, 1.82) is 0 Å². The Morgan fingerprint density at radius 1 is 1.10 bits per heavy atom. The van der Waals surface area contributed by atoms with Gasteiger partial charge in [-0.05, 0) is 54.1 Å². The quantitative estimate of drug-likeness (QED) is 0.592. The maximum absolute atomic E-state index is 12.8. The van der Waals surface area contributed by atoms with E-state index in [2.05, 4.69) is 36.1 Å². The van der Waals surface area contributed by atoms with E-state index in [1.807, 2.05) is 36.4 Å². The van der Waals surface area contributed by atoms with Crippen LogP contribution >= 0.6 is 15.9 Å². The highest BCUT2D eigenvalue weighted by molar-refractivity contribution is 9.10. The van der Waals surface area contributed by atoms with E-state index in [4.69, 9.17) is 9.47 Å². The fraction of sp³-hybridized carbons (Fsp3) is 0.227. The van der Waals surface area contributed by atoms with Gasteiger partial charge in [-0.15, -0.1) is 0 Å². The van der Waals surface area contributed by atoms with Crippen molar-refractivity contribution < 1.29 is 14.3 Å². The fourth-order valence-electron chi connectivity index (χ4n) is 3.07. The first kappa shape index (κ1) is 20.3. The zero-order chi connectivity index (χ0) is 20.8. The van der Waals surface area contributed by atoms with E-state index in [9.17, 15) is 4.79 Å². The third kappa shape index (κ3) is 5.14. The van der Waals surface area contributed by atoms with Crippen LogP contribution in [0.25, 0.3) is 0 Å². The first-order chi connectivity index (χ1) is 14.7. The van der Waals surface area contributed by atoms with Crippen LogP contribution in [0.1, 0.15) is 15.9 Å². The second-order valence-electron chi connectivity index (χ2n) is 6.72. The van der Waals surface area contributed by atoms with E-state index >= 15 is 0 Å². The van der Waals surface area contributed by atoms with Crippen LogP contribution in [0.4, 0.5) is 5.82 Å². The van der Waals surface area contributed by atoms with E-state index in [0.717, 1.165) is 28.9 Å². The Morgan fingerprint density at radius 2 is 1.90 bits per heavy atom. The number of anilines is 1. The van der Waals surface area contributed by atoms with Crippen molar-refractivity contribution in [3.05, 3.63) is 76.5 Å². The van der Waals surface area contributed by atoms with Crippen LogP contribution in [-0.2, 0) is 11.3 Å². The Bertz CT molecular complexity index is 1010. The standard InChI is InChI=1S/C22H21BrN4O3/c23-17-3-5-18(6-4-17)30-22-19(2-1-8-25-22)21(28)26-15-16-7-9-24-20(14-16)27-10-12-29-13-11-27/h1-9,14H,10-13,15H2,(H,26,28). The molecule has 1 aliphatic rings. The third-order valence-corrected chi connectivity index (χ3v) is 5.17. The lowest BCUT2D eigenvalue weighted by atomic mass is 10.2. The zero-order valence-electron chi connectivity index (χ0n) is 16.3. The molecule has 30 heavy (non-hydrogen) atoms. The summed E-state index contributed by atoms with van der Waals surface area (Å²) < 4.78 is 12.2. The van der Waals surface area contributed by atoms with Gasteiger partial charge >= 0.3 is 0 Å². The number of amides is 1. The summed E-state index contributed by atoms with van der Waals surface area (Å²) in [5.41, 5.74) is 1.35. The van der Waals surface area contributed by atoms with Crippen molar-refractivity contribution >= 4 is 27.7 Å². The van der Waals surface area contributed by atoms with Crippen LogP contribution in [-0.4, -0.2) is 42.2 Å². The van der Waals surface area contributed by atoms with E-state index < -0.39 is 0 Å². The smallest absolute Gasteiger partial charge is 0.257 e. The van der Waals surface area contributed by atoms with Crippen LogP contribution in [0.3, 0.4) is 0 Å². The largest absolute Gasteiger partial charge is 0.438 e. The zero-order valence-corrected chi connectivity index (χ0v) is 17.8. The lowest BCUT2D eigenvalue weighted by molar-refractivity contribution is 0.0948. The highest BCUT2D eigenvalue weighted by Crippen LogP contribution is 2.24. The van der Waals surface area contributed by atoms with Gasteiger partial charge in [0.05, 0.1) is 13.2 Å². The van der Waals surface area contributed by atoms with Gasteiger partial charge in [0.1, 0.15) is 17.1 Å². The van der Waals surface area contributed by atoms with Gasteiger partial charge < -0.3 is 19.7 Å².